The first-order valence-electron chi connectivity index (χ1n) is 10.5. The summed E-state index contributed by atoms with van der Waals surface area (Å²) in [5.74, 6) is 0.787. The van der Waals surface area contributed by atoms with Crippen LogP contribution >= 0.6 is 0 Å². The molecule has 0 saturated carbocycles. The lowest BCUT2D eigenvalue weighted by Crippen LogP contribution is -2.55. The third-order valence-electron chi connectivity index (χ3n) is 6.16. The van der Waals surface area contributed by atoms with Crippen LogP contribution in [0.5, 0.6) is 0 Å². The van der Waals surface area contributed by atoms with Crippen molar-refractivity contribution >= 4 is 12.0 Å². The Bertz CT molecular complexity index is 525. The van der Waals surface area contributed by atoms with Gasteiger partial charge in [0.1, 0.15) is 5.60 Å². The Morgan fingerprint density at radius 1 is 1.15 bits per heavy atom. The monoisotopic (exact) mass is 381 g/mol. The van der Waals surface area contributed by atoms with Crippen LogP contribution in [0.3, 0.4) is 0 Å². The molecule has 7 nitrogen and oxygen atoms in total. The standard InChI is InChI=1S/C20H35N3O4/c1-4-17(21-11-13-26-14-12-21)18(24)22-9-6-20(7-10-22)15-23(19(25)27-20)8-5-16(2)3/h16-17H,4-15H2,1-3H3/t17-/m1/s1. The minimum atomic E-state index is -0.397. The first-order chi connectivity index (χ1) is 12.9. The molecule has 0 aromatic carbocycles. The highest BCUT2D eigenvalue weighted by Gasteiger charge is 2.47. The van der Waals surface area contributed by atoms with Gasteiger partial charge in [-0.2, -0.15) is 0 Å². The van der Waals surface area contributed by atoms with Gasteiger partial charge in [0, 0.05) is 45.6 Å². The minimum Gasteiger partial charge on any atom is -0.441 e. The highest BCUT2D eigenvalue weighted by Crippen LogP contribution is 2.34. The van der Waals surface area contributed by atoms with Crippen molar-refractivity contribution in [2.24, 2.45) is 5.92 Å². The Balaban J connectivity index is 1.53. The number of hydrogen-bond acceptors (Lipinski definition) is 5. The van der Waals surface area contributed by atoms with Crippen molar-refractivity contribution in [1.29, 1.82) is 0 Å². The van der Waals surface area contributed by atoms with E-state index in [4.69, 9.17) is 9.47 Å². The molecule has 0 aromatic heterocycles. The number of morpholine rings is 1. The van der Waals surface area contributed by atoms with Gasteiger partial charge in [0.25, 0.3) is 0 Å². The molecule has 3 aliphatic rings. The molecule has 3 heterocycles. The average molecular weight is 382 g/mol. The van der Waals surface area contributed by atoms with Crippen LogP contribution in [0, 0.1) is 5.92 Å². The molecule has 7 heteroatoms. The summed E-state index contributed by atoms with van der Waals surface area (Å²) in [5, 5.41) is 0. The highest BCUT2D eigenvalue weighted by molar-refractivity contribution is 5.82. The van der Waals surface area contributed by atoms with Crippen LogP contribution in [-0.4, -0.2) is 90.8 Å². The molecule has 1 spiro atoms. The van der Waals surface area contributed by atoms with Crippen molar-refractivity contribution < 1.29 is 19.1 Å². The van der Waals surface area contributed by atoms with Crippen LogP contribution in [0.2, 0.25) is 0 Å². The van der Waals surface area contributed by atoms with E-state index in [-0.39, 0.29) is 18.0 Å². The number of ether oxygens (including phenoxy) is 2. The number of carbonyl (C=O) groups excluding carboxylic acids is 2. The van der Waals surface area contributed by atoms with Gasteiger partial charge in [0.05, 0.1) is 25.8 Å². The largest absolute Gasteiger partial charge is 0.441 e. The molecule has 0 unspecified atom stereocenters. The lowest BCUT2D eigenvalue weighted by atomic mass is 9.90. The highest BCUT2D eigenvalue weighted by atomic mass is 16.6. The third-order valence-corrected chi connectivity index (χ3v) is 6.16. The number of carbonyl (C=O) groups is 2. The van der Waals surface area contributed by atoms with Gasteiger partial charge in [-0.1, -0.05) is 20.8 Å². The Morgan fingerprint density at radius 2 is 1.81 bits per heavy atom. The SMILES string of the molecule is CC[C@H](C(=O)N1CCC2(CC1)CN(CCC(C)C)C(=O)O2)N1CCOCC1. The number of nitrogens with zero attached hydrogens (tertiary/aromatic N) is 3. The zero-order chi connectivity index (χ0) is 19.4. The number of likely N-dealkylation sites (tertiary alicyclic amines) is 1. The summed E-state index contributed by atoms with van der Waals surface area (Å²) in [4.78, 5) is 31.4. The molecule has 1 atom stereocenters. The molecular weight excluding hydrogens is 346 g/mol. The Morgan fingerprint density at radius 3 is 2.41 bits per heavy atom. The van der Waals surface area contributed by atoms with Crippen LogP contribution in [0.25, 0.3) is 0 Å². The third kappa shape index (κ3) is 4.74. The molecular formula is C20H35N3O4. The summed E-state index contributed by atoms with van der Waals surface area (Å²) in [7, 11) is 0. The minimum absolute atomic E-state index is 0.0587. The second-order valence-electron chi connectivity index (χ2n) is 8.55. The number of amides is 2. The van der Waals surface area contributed by atoms with E-state index in [2.05, 4.69) is 25.7 Å². The first-order valence-corrected chi connectivity index (χ1v) is 10.5. The van der Waals surface area contributed by atoms with E-state index in [1.54, 1.807) is 0 Å². The van der Waals surface area contributed by atoms with Gasteiger partial charge in [-0.15, -0.1) is 0 Å². The van der Waals surface area contributed by atoms with Gasteiger partial charge in [-0.05, 0) is 18.8 Å². The van der Waals surface area contributed by atoms with Crippen molar-refractivity contribution in [2.45, 2.75) is 58.1 Å². The second-order valence-corrected chi connectivity index (χ2v) is 8.55. The molecule has 154 valence electrons. The fourth-order valence-corrected chi connectivity index (χ4v) is 4.36. The van der Waals surface area contributed by atoms with Crippen LogP contribution in [0.15, 0.2) is 0 Å². The Kier molecular flexibility index (Phi) is 6.63. The average Bonchev–Trinajstić information content (AvgIpc) is 2.97. The van der Waals surface area contributed by atoms with E-state index in [0.717, 1.165) is 45.3 Å². The molecule has 3 saturated heterocycles. The van der Waals surface area contributed by atoms with E-state index in [0.29, 0.717) is 38.8 Å². The normalized spacial score (nSPS) is 24.5. The van der Waals surface area contributed by atoms with Crippen molar-refractivity contribution in [2.75, 3.05) is 52.5 Å². The van der Waals surface area contributed by atoms with Crippen molar-refractivity contribution in [3.8, 4) is 0 Å². The molecule has 0 bridgehead atoms. The van der Waals surface area contributed by atoms with Gasteiger partial charge in [0.15, 0.2) is 0 Å². The summed E-state index contributed by atoms with van der Waals surface area (Å²) in [6.07, 6.45) is 3.10. The molecule has 2 amide bonds. The van der Waals surface area contributed by atoms with E-state index >= 15 is 0 Å². The lowest BCUT2D eigenvalue weighted by Gasteiger charge is -2.41. The molecule has 0 aliphatic carbocycles. The van der Waals surface area contributed by atoms with E-state index in [1.165, 1.54) is 0 Å². The molecule has 27 heavy (non-hydrogen) atoms. The fourth-order valence-electron chi connectivity index (χ4n) is 4.36. The summed E-state index contributed by atoms with van der Waals surface area (Å²) in [6, 6.07) is -0.0587. The van der Waals surface area contributed by atoms with Crippen LogP contribution in [0.1, 0.15) is 46.5 Å². The van der Waals surface area contributed by atoms with Gasteiger partial charge < -0.3 is 19.3 Å². The first kappa shape index (κ1) is 20.4. The van der Waals surface area contributed by atoms with Gasteiger partial charge in [0.2, 0.25) is 5.91 Å². The molecule has 0 N–H and O–H groups in total. The van der Waals surface area contributed by atoms with Gasteiger partial charge >= 0.3 is 6.09 Å². The molecule has 0 aromatic rings. The molecule has 3 fully saturated rings. The molecule has 0 radical (unpaired) electrons. The molecule has 3 aliphatic heterocycles. The van der Waals surface area contributed by atoms with Crippen LogP contribution in [-0.2, 0) is 14.3 Å². The summed E-state index contributed by atoms with van der Waals surface area (Å²) >= 11 is 0. The van der Waals surface area contributed by atoms with E-state index in [1.807, 2.05) is 9.80 Å². The Labute approximate surface area is 162 Å². The van der Waals surface area contributed by atoms with Crippen LogP contribution in [0.4, 0.5) is 4.79 Å². The van der Waals surface area contributed by atoms with Crippen LogP contribution < -0.4 is 0 Å². The predicted molar refractivity (Wildman–Crippen MR) is 103 cm³/mol. The smallest absolute Gasteiger partial charge is 0.410 e. The van der Waals surface area contributed by atoms with Gasteiger partial charge in [-0.3, -0.25) is 9.69 Å². The maximum Gasteiger partial charge on any atom is 0.410 e. The topological polar surface area (TPSA) is 62.3 Å². The summed E-state index contributed by atoms with van der Waals surface area (Å²) < 4.78 is 11.2. The van der Waals surface area contributed by atoms with Crippen molar-refractivity contribution in [1.82, 2.24) is 14.7 Å². The summed E-state index contributed by atoms with van der Waals surface area (Å²) in [5.41, 5.74) is -0.397. The van der Waals surface area contributed by atoms with Gasteiger partial charge in [-0.25, -0.2) is 4.79 Å². The zero-order valence-electron chi connectivity index (χ0n) is 17.1. The maximum atomic E-state index is 13.1. The number of hydrogen-bond donors (Lipinski definition) is 0. The Hall–Kier alpha value is -1.34. The molecule has 3 rings (SSSR count). The van der Waals surface area contributed by atoms with Crippen molar-refractivity contribution in [3.63, 3.8) is 0 Å². The predicted octanol–water partition coefficient (Wildman–Crippen LogP) is 1.96. The fraction of sp³-hybridized carbons (Fsp3) is 0.900. The quantitative estimate of drug-likeness (QED) is 0.704. The van der Waals surface area contributed by atoms with E-state index in [9.17, 15) is 9.59 Å². The maximum absolute atomic E-state index is 13.1. The number of piperidine rings is 1. The zero-order valence-corrected chi connectivity index (χ0v) is 17.1. The number of rotatable bonds is 6. The van der Waals surface area contributed by atoms with Crippen molar-refractivity contribution in [3.05, 3.63) is 0 Å². The summed E-state index contributed by atoms with van der Waals surface area (Å²) in [6.45, 7) is 12.2. The van der Waals surface area contributed by atoms with E-state index < -0.39 is 5.60 Å². The second kappa shape index (κ2) is 8.78. The lowest BCUT2D eigenvalue weighted by molar-refractivity contribution is -0.142.